The molecule has 1 atom stereocenters. The highest BCUT2D eigenvalue weighted by Gasteiger charge is 2.20. The zero-order valence-corrected chi connectivity index (χ0v) is 8.23. The summed E-state index contributed by atoms with van der Waals surface area (Å²) in [7, 11) is 0. The fourth-order valence-corrected chi connectivity index (χ4v) is 2.18. The molecule has 0 saturated carbocycles. The maximum absolute atomic E-state index is 11.8. The van der Waals surface area contributed by atoms with Crippen LogP contribution in [0.25, 0.3) is 11.2 Å². The van der Waals surface area contributed by atoms with Gasteiger partial charge in [0.1, 0.15) is 0 Å². The van der Waals surface area contributed by atoms with E-state index in [1.165, 1.54) is 0 Å². The molecule has 1 aliphatic rings. The quantitative estimate of drug-likeness (QED) is 0.700. The van der Waals surface area contributed by atoms with Crippen LogP contribution in [0.15, 0.2) is 23.1 Å². The lowest BCUT2D eigenvalue weighted by atomic mass is 10.2. The number of nitrogens with one attached hydrogen (secondary N) is 2. The van der Waals surface area contributed by atoms with Crippen molar-refractivity contribution in [3.8, 4) is 0 Å². The van der Waals surface area contributed by atoms with E-state index in [0.717, 1.165) is 25.0 Å². The van der Waals surface area contributed by atoms with Crippen molar-refractivity contribution in [1.82, 2.24) is 19.9 Å². The van der Waals surface area contributed by atoms with Crippen LogP contribution in [-0.2, 0) is 0 Å². The Morgan fingerprint density at radius 2 is 2.47 bits per heavy atom. The van der Waals surface area contributed by atoms with Gasteiger partial charge < -0.3 is 5.32 Å². The van der Waals surface area contributed by atoms with Gasteiger partial charge in [-0.2, -0.15) is 0 Å². The van der Waals surface area contributed by atoms with Gasteiger partial charge in [0.2, 0.25) is 0 Å². The molecule has 0 bridgehead atoms. The van der Waals surface area contributed by atoms with Crippen LogP contribution in [0.4, 0.5) is 0 Å². The van der Waals surface area contributed by atoms with Crippen LogP contribution in [-0.4, -0.2) is 27.6 Å². The lowest BCUT2D eigenvalue weighted by molar-refractivity contribution is 0.546. The molecule has 0 amide bonds. The lowest BCUT2D eigenvalue weighted by Gasteiger charge is -2.09. The fraction of sp³-hybridized carbons (Fsp3) is 0.400. The first-order valence-corrected chi connectivity index (χ1v) is 5.12. The zero-order chi connectivity index (χ0) is 10.3. The van der Waals surface area contributed by atoms with Gasteiger partial charge in [-0.05, 0) is 25.1 Å². The minimum atomic E-state index is -0.0580. The largest absolute Gasteiger partial charge is 0.327 e. The van der Waals surface area contributed by atoms with Crippen LogP contribution in [0, 0.1) is 0 Å². The Morgan fingerprint density at radius 1 is 1.53 bits per heavy atom. The number of hydrogen-bond donors (Lipinski definition) is 2. The third-order valence-corrected chi connectivity index (χ3v) is 2.89. The van der Waals surface area contributed by atoms with E-state index in [1.54, 1.807) is 6.20 Å². The third-order valence-electron chi connectivity index (χ3n) is 2.89. The number of nitrogens with zero attached hydrogens (tertiary/aromatic N) is 2. The maximum Gasteiger partial charge on any atom is 0.327 e. The SMILES string of the molecule is O=c1[nH]c2ncccc2n1C1CCNC1. The van der Waals surface area contributed by atoms with E-state index in [2.05, 4.69) is 15.3 Å². The number of fused-ring (bicyclic) bond motifs is 1. The second-order valence-electron chi connectivity index (χ2n) is 3.82. The van der Waals surface area contributed by atoms with Crippen molar-refractivity contribution in [2.24, 2.45) is 0 Å². The summed E-state index contributed by atoms with van der Waals surface area (Å²) in [5.41, 5.74) is 1.52. The van der Waals surface area contributed by atoms with E-state index in [-0.39, 0.29) is 11.7 Å². The topological polar surface area (TPSA) is 62.7 Å². The van der Waals surface area contributed by atoms with Crippen LogP contribution in [0.1, 0.15) is 12.5 Å². The molecule has 0 aliphatic carbocycles. The molecule has 5 heteroatoms. The summed E-state index contributed by atoms with van der Waals surface area (Å²) in [5.74, 6) is 0. The van der Waals surface area contributed by atoms with Crippen molar-refractivity contribution < 1.29 is 0 Å². The molecular formula is C10H12N4O. The highest BCUT2D eigenvalue weighted by Crippen LogP contribution is 2.17. The van der Waals surface area contributed by atoms with Crippen molar-refractivity contribution in [3.05, 3.63) is 28.8 Å². The Kier molecular flexibility index (Phi) is 1.85. The van der Waals surface area contributed by atoms with Crippen molar-refractivity contribution in [2.75, 3.05) is 13.1 Å². The Hall–Kier alpha value is -1.62. The Balaban J connectivity index is 2.23. The molecule has 15 heavy (non-hydrogen) atoms. The van der Waals surface area contributed by atoms with Gasteiger partial charge in [-0.1, -0.05) is 0 Å². The first kappa shape index (κ1) is 8.67. The number of pyridine rings is 1. The van der Waals surface area contributed by atoms with Crippen molar-refractivity contribution in [3.63, 3.8) is 0 Å². The summed E-state index contributed by atoms with van der Waals surface area (Å²) in [6, 6.07) is 4.04. The van der Waals surface area contributed by atoms with Gasteiger partial charge in [0, 0.05) is 12.7 Å². The molecule has 1 aliphatic heterocycles. The molecule has 0 spiro atoms. The summed E-state index contributed by atoms with van der Waals surface area (Å²) in [5, 5.41) is 3.26. The van der Waals surface area contributed by atoms with Crippen LogP contribution in [0.3, 0.4) is 0 Å². The predicted molar refractivity (Wildman–Crippen MR) is 56.9 cm³/mol. The second-order valence-corrected chi connectivity index (χ2v) is 3.82. The molecule has 1 fully saturated rings. The van der Waals surface area contributed by atoms with Crippen LogP contribution in [0.2, 0.25) is 0 Å². The fourth-order valence-electron chi connectivity index (χ4n) is 2.18. The number of H-pyrrole nitrogens is 1. The average molecular weight is 204 g/mol. The Bertz CT molecular complexity index is 536. The molecule has 0 radical (unpaired) electrons. The van der Waals surface area contributed by atoms with E-state index < -0.39 is 0 Å². The molecule has 2 N–H and O–H groups in total. The predicted octanol–water partition coefficient (Wildman–Crippen LogP) is 0.259. The first-order chi connectivity index (χ1) is 7.36. The van der Waals surface area contributed by atoms with Gasteiger partial charge in [-0.3, -0.25) is 9.55 Å². The molecule has 3 heterocycles. The minimum absolute atomic E-state index is 0.0580. The van der Waals surface area contributed by atoms with Crippen LogP contribution >= 0.6 is 0 Å². The molecule has 1 saturated heterocycles. The van der Waals surface area contributed by atoms with E-state index in [1.807, 2.05) is 16.7 Å². The Morgan fingerprint density at radius 3 is 3.27 bits per heavy atom. The molecule has 2 aromatic rings. The van der Waals surface area contributed by atoms with Crippen molar-refractivity contribution in [2.45, 2.75) is 12.5 Å². The van der Waals surface area contributed by atoms with E-state index >= 15 is 0 Å². The van der Waals surface area contributed by atoms with Gasteiger partial charge in [0.15, 0.2) is 5.65 Å². The molecular weight excluding hydrogens is 192 g/mol. The number of aromatic amines is 1. The van der Waals surface area contributed by atoms with Gasteiger partial charge in [-0.15, -0.1) is 0 Å². The molecule has 1 unspecified atom stereocenters. The van der Waals surface area contributed by atoms with Crippen LogP contribution in [0.5, 0.6) is 0 Å². The number of hydrogen-bond acceptors (Lipinski definition) is 3. The van der Waals surface area contributed by atoms with E-state index in [9.17, 15) is 4.79 Å². The monoisotopic (exact) mass is 204 g/mol. The average Bonchev–Trinajstić information content (AvgIpc) is 2.82. The third kappa shape index (κ3) is 1.27. The number of aromatic nitrogens is 3. The lowest BCUT2D eigenvalue weighted by Crippen LogP contribution is -2.23. The minimum Gasteiger partial charge on any atom is -0.315 e. The normalized spacial score (nSPS) is 21.2. The van der Waals surface area contributed by atoms with Gasteiger partial charge >= 0.3 is 5.69 Å². The molecule has 78 valence electrons. The second kappa shape index (κ2) is 3.20. The van der Waals surface area contributed by atoms with Gasteiger partial charge in [0.25, 0.3) is 0 Å². The standard InChI is InChI=1S/C10H12N4O/c15-10-13-9-8(2-1-4-12-9)14(10)7-3-5-11-6-7/h1-2,4,7,11H,3,5-6H2,(H,12,13,15). The van der Waals surface area contributed by atoms with Crippen molar-refractivity contribution in [1.29, 1.82) is 0 Å². The number of imidazole rings is 1. The maximum atomic E-state index is 11.8. The van der Waals surface area contributed by atoms with Crippen LogP contribution < -0.4 is 11.0 Å². The molecule has 3 rings (SSSR count). The van der Waals surface area contributed by atoms with Gasteiger partial charge in [-0.25, -0.2) is 9.78 Å². The summed E-state index contributed by atoms with van der Waals surface area (Å²) >= 11 is 0. The van der Waals surface area contributed by atoms with Crippen molar-refractivity contribution >= 4 is 11.2 Å². The summed E-state index contributed by atoms with van der Waals surface area (Å²) in [6.07, 6.45) is 2.69. The highest BCUT2D eigenvalue weighted by molar-refractivity contribution is 5.70. The summed E-state index contributed by atoms with van der Waals surface area (Å²) < 4.78 is 1.81. The Labute approximate surface area is 86.1 Å². The summed E-state index contributed by atoms with van der Waals surface area (Å²) in [4.78, 5) is 18.7. The smallest absolute Gasteiger partial charge is 0.315 e. The number of rotatable bonds is 1. The molecule has 0 aromatic carbocycles. The zero-order valence-electron chi connectivity index (χ0n) is 8.23. The van der Waals surface area contributed by atoms with E-state index in [0.29, 0.717) is 5.65 Å². The van der Waals surface area contributed by atoms with Gasteiger partial charge in [0.05, 0.1) is 11.6 Å². The highest BCUT2D eigenvalue weighted by atomic mass is 16.1. The molecule has 5 nitrogen and oxygen atoms in total. The van der Waals surface area contributed by atoms with E-state index in [4.69, 9.17) is 0 Å². The molecule has 2 aromatic heterocycles. The summed E-state index contributed by atoms with van der Waals surface area (Å²) in [6.45, 7) is 1.84. The first-order valence-electron chi connectivity index (χ1n) is 5.12.